The highest BCUT2D eigenvalue weighted by atomic mass is 35.5. The number of benzene rings is 6. The van der Waals surface area contributed by atoms with Crippen molar-refractivity contribution in [2.45, 2.75) is 28.8 Å². The van der Waals surface area contributed by atoms with E-state index in [0.717, 1.165) is 78.9 Å². The summed E-state index contributed by atoms with van der Waals surface area (Å²) in [5.41, 5.74) is -2.51. The Balaban J connectivity index is 0.000000249. The van der Waals surface area contributed by atoms with E-state index in [1.165, 1.54) is 36.4 Å². The average molecular weight is 991 g/mol. The SMILES string of the molecule is NS(=O)(=O)c1cccc(NC(=O)c2cc(C(F)(F)F)ccc2Oc2ccc(OC(F)(F)F)cc2)c1.NS(=O)(=O)c1cccc(NC(=O)c2cc(C(F)F)ccc2Oc2ccc(F)cc2Cl)c1. The Labute approximate surface area is 372 Å². The summed E-state index contributed by atoms with van der Waals surface area (Å²) >= 11 is 5.93. The number of carbonyl (C=O) groups is 2. The summed E-state index contributed by atoms with van der Waals surface area (Å²) in [5.74, 6) is -3.72. The smallest absolute Gasteiger partial charge is 0.457 e. The number of carbonyl (C=O) groups excluding carboxylic acids is 2. The van der Waals surface area contributed by atoms with E-state index in [9.17, 15) is 65.9 Å². The third kappa shape index (κ3) is 14.1. The lowest BCUT2D eigenvalue weighted by Gasteiger charge is -2.15. The van der Waals surface area contributed by atoms with Gasteiger partial charge in [0.2, 0.25) is 20.0 Å². The van der Waals surface area contributed by atoms with Gasteiger partial charge in [-0.15, -0.1) is 13.2 Å². The van der Waals surface area contributed by atoms with Gasteiger partial charge in [0.05, 0.1) is 31.5 Å². The highest BCUT2D eigenvalue weighted by Gasteiger charge is 2.33. The van der Waals surface area contributed by atoms with Crippen LogP contribution in [0.3, 0.4) is 0 Å². The molecule has 0 saturated heterocycles. The summed E-state index contributed by atoms with van der Waals surface area (Å²) in [6.07, 6.45) is -12.6. The first-order valence-corrected chi connectivity index (χ1v) is 21.3. The Morgan fingerprint density at radius 1 is 0.591 bits per heavy atom. The number of alkyl halides is 8. The van der Waals surface area contributed by atoms with Crippen molar-refractivity contribution in [3.8, 4) is 28.7 Å². The van der Waals surface area contributed by atoms with Gasteiger partial charge in [-0.25, -0.2) is 40.3 Å². The third-order valence-corrected chi connectivity index (χ3v) is 10.4. The van der Waals surface area contributed by atoms with Gasteiger partial charge in [-0.1, -0.05) is 23.7 Å². The minimum atomic E-state index is -4.93. The van der Waals surface area contributed by atoms with Crippen LogP contribution in [0.5, 0.6) is 28.7 Å². The molecule has 0 atom stereocenters. The number of nitrogens with one attached hydrogen (secondary N) is 2. The van der Waals surface area contributed by atoms with E-state index in [1.54, 1.807) is 0 Å². The number of nitrogens with two attached hydrogens (primary N) is 2. The van der Waals surface area contributed by atoms with Gasteiger partial charge in [0, 0.05) is 16.9 Å². The van der Waals surface area contributed by atoms with E-state index in [-0.39, 0.29) is 54.7 Å². The number of primary sulfonamides is 2. The lowest BCUT2D eigenvalue weighted by molar-refractivity contribution is -0.274. The summed E-state index contributed by atoms with van der Waals surface area (Å²) in [6, 6.07) is 22.1. The molecule has 0 aliphatic heterocycles. The first-order chi connectivity index (χ1) is 30.7. The molecule has 6 aromatic carbocycles. The van der Waals surface area contributed by atoms with Crippen LogP contribution in [0.1, 0.15) is 38.3 Å². The van der Waals surface area contributed by atoms with Crippen LogP contribution in [-0.2, 0) is 26.2 Å². The molecule has 0 saturated carbocycles. The highest BCUT2D eigenvalue weighted by molar-refractivity contribution is 7.89. The molecular formula is C41H28ClF9N4O9S2. The molecule has 6 rings (SSSR count). The molecular weight excluding hydrogens is 963 g/mol. The van der Waals surface area contributed by atoms with Gasteiger partial charge in [0.1, 0.15) is 34.6 Å². The number of hydrogen-bond acceptors (Lipinski definition) is 9. The maximum absolute atomic E-state index is 13.3. The minimum absolute atomic E-state index is 0.00173. The number of hydrogen-bond donors (Lipinski definition) is 4. The summed E-state index contributed by atoms with van der Waals surface area (Å²) in [6.45, 7) is 0. The van der Waals surface area contributed by atoms with E-state index >= 15 is 0 Å². The Morgan fingerprint density at radius 3 is 1.56 bits per heavy atom. The van der Waals surface area contributed by atoms with Crippen molar-refractivity contribution in [1.82, 2.24) is 0 Å². The zero-order valence-corrected chi connectivity index (χ0v) is 35.0. The molecule has 0 heterocycles. The van der Waals surface area contributed by atoms with Crippen molar-refractivity contribution >= 4 is 54.8 Å². The lowest BCUT2D eigenvalue weighted by Crippen LogP contribution is -2.17. The van der Waals surface area contributed by atoms with E-state index < -0.39 is 79.1 Å². The largest absolute Gasteiger partial charge is 0.573 e. The van der Waals surface area contributed by atoms with Crippen molar-refractivity contribution in [2.24, 2.45) is 10.3 Å². The molecule has 0 fully saturated rings. The zero-order chi connectivity index (χ0) is 48.8. The van der Waals surface area contributed by atoms with Crippen LogP contribution in [-0.4, -0.2) is 35.0 Å². The van der Waals surface area contributed by atoms with Gasteiger partial charge in [-0.3, -0.25) is 9.59 Å². The third-order valence-electron chi connectivity index (χ3n) is 8.29. The Morgan fingerprint density at radius 2 is 1.08 bits per heavy atom. The fraction of sp³-hybridized carbons (Fsp3) is 0.0732. The second kappa shape index (κ2) is 20.1. The zero-order valence-electron chi connectivity index (χ0n) is 32.6. The van der Waals surface area contributed by atoms with Gasteiger partial charge >= 0.3 is 12.5 Å². The fourth-order valence-corrected chi connectivity index (χ4v) is 6.66. The van der Waals surface area contributed by atoms with Gasteiger partial charge < -0.3 is 24.8 Å². The molecule has 0 bridgehead atoms. The summed E-state index contributed by atoms with van der Waals surface area (Å²) in [5, 5.41) is 14.7. The van der Waals surface area contributed by atoms with Gasteiger partial charge in [-0.05, 0) is 115 Å². The van der Waals surface area contributed by atoms with Crippen LogP contribution in [0.15, 0.2) is 137 Å². The number of ether oxygens (including phenoxy) is 3. The van der Waals surface area contributed by atoms with Crippen LogP contribution in [0.4, 0.5) is 50.9 Å². The number of anilines is 2. The van der Waals surface area contributed by atoms with Crippen LogP contribution < -0.4 is 35.1 Å². The van der Waals surface area contributed by atoms with Crippen LogP contribution in [0.2, 0.25) is 5.02 Å². The number of amides is 2. The number of rotatable bonds is 12. The highest BCUT2D eigenvalue weighted by Crippen LogP contribution is 2.37. The second-order valence-corrected chi connectivity index (χ2v) is 16.6. The minimum Gasteiger partial charge on any atom is -0.457 e. The molecule has 66 heavy (non-hydrogen) atoms. The van der Waals surface area contributed by atoms with Crippen LogP contribution in [0.25, 0.3) is 0 Å². The molecule has 348 valence electrons. The normalized spacial score (nSPS) is 11.8. The first-order valence-electron chi connectivity index (χ1n) is 17.8. The topological polar surface area (TPSA) is 206 Å². The van der Waals surface area contributed by atoms with Crippen molar-refractivity contribution < 1.29 is 80.1 Å². The molecule has 13 nitrogen and oxygen atoms in total. The molecule has 0 aromatic heterocycles. The predicted molar refractivity (Wildman–Crippen MR) is 219 cm³/mol. The Bertz CT molecular complexity index is 3000. The molecule has 25 heteroatoms. The monoisotopic (exact) mass is 990 g/mol. The van der Waals surface area contributed by atoms with Crippen molar-refractivity contribution in [1.29, 1.82) is 0 Å². The molecule has 2 amide bonds. The number of sulfonamides is 2. The van der Waals surface area contributed by atoms with Crippen LogP contribution in [0, 0.1) is 5.82 Å². The van der Waals surface area contributed by atoms with Gasteiger partial charge in [0.25, 0.3) is 18.2 Å². The Hall–Kier alpha value is -6.86. The van der Waals surface area contributed by atoms with Crippen molar-refractivity contribution in [3.63, 3.8) is 0 Å². The maximum atomic E-state index is 13.3. The standard InChI is InChI=1S/C21H14F6N2O5S.C20H14ClF3N2O4S/c22-20(23,24)12-4-9-18(33-14-5-7-15(8-6-14)34-21(25,26)27)17(10-12)19(30)29-13-2-1-3-16(11-13)35(28,31)32;21-16-9-12(22)5-7-18(16)30-17-6-4-11(19(23)24)8-15(17)20(27)26-13-2-1-3-14(10-13)31(25,28)29/h1-11H,(H,29,30)(H2,28,31,32);1-10,19H,(H,26,27)(H2,25,28,29). The molecule has 0 radical (unpaired) electrons. The molecule has 0 unspecified atom stereocenters. The van der Waals surface area contributed by atoms with Crippen molar-refractivity contribution in [2.75, 3.05) is 10.6 Å². The van der Waals surface area contributed by atoms with Crippen LogP contribution >= 0.6 is 11.6 Å². The molecule has 0 aliphatic rings. The quantitative estimate of drug-likeness (QED) is 0.0860. The van der Waals surface area contributed by atoms with Crippen molar-refractivity contribution in [3.05, 3.63) is 160 Å². The lowest BCUT2D eigenvalue weighted by atomic mass is 10.1. The number of halogens is 10. The summed E-state index contributed by atoms with van der Waals surface area (Å²) in [4.78, 5) is 25.0. The molecule has 0 aliphatic carbocycles. The van der Waals surface area contributed by atoms with E-state index in [4.69, 9.17) is 31.4 Å². The first kappa shape index (κ1) is 50.1. The predicted octanol–water partition coefficient (Wildman–Crippen LogP) is 10.4. The average Bonchev–Trinajstić information content (AvgIpc) is 3.21. The van der Waals surface area contributed by atoms with E-state index in [1.807, 2.05) is 0 Å². The van der Waals surface area contributed by atoms with E-state index in [2.05, 4.69) is 15.4 Å². The molecule has 6 aromatic rings. The summed E-state index contributed by atoms with van der Waals surface area (Å²) < 4.78 is 177. The maximum Gasteiger partial charge on any atom is 0.573 e. The second-order valence-electron chi connectivity index (χ2n) is 13.1. The van der Waals surface area contributed by atoms with Gasteiger partial charge in [-0.2, -0.15) is 13.2 Å². The molecule has 0 spiro atoms. The fourth-order valence-electron chi connectivity index (χ4n) is 5.33. The Kier molecular flexibility index (Phi) is 15.3. The van der Waals surface area contributed by atoms with E-state index in [0.29, 0.717) is 12.1 Å². The molecule has 6 N–H and O–H groups in total. The summed E-state index contributed by atoms with van der Waals surface area (Å²) in [7, 11) is -8.14. The van der Waals surface area contributed by atoms with Gasteiger partial charge in [0.15, 0.2) is 0 Å².